The minimum Gasteiger partial charge on any atom is -0.497 e. The number of fused-ring (bicyclic) bond motifs is 2. The summed E-state index contributed by atoms with van der Waals surface area (Å²) in [6.45, 7) is 15.9. The quantitative estimate of drug-likeness (QED) is 0.0162. The molecule has 0 aliphatic carbocycles. The normalized spacial score (nSPS) is 11.5. The van der Waals surface area contributed by atoms with Crippen molar-refractivity contribution in [1.82, 2.24) is 30.2 Å². The average Bonchev–Trinajstić information content (AvgIpc) is 1.26. The highest BCUT2D eigenvalue weighted by Crippen LogP contribution is 2.44. The third-order valence-electron chi connectivity index (χ3n) is 19.8. The molecule has 118 heavy (non-hydrogen) atoms. The van der Waals surface area contributed by atoms with Crippen molar-refractivity contribution in [2.45, 2.75) is 83.5 Å². The summed E-state index contributed by atoms with van der Waals surface area (Å²) in [7, 11) is 3.56. The van der Waals surface area contributed by atoms with Gasteiger partial charge in [0.05, 0.1) is 69.3 Å². The van der Waals surface area contributed by atoms with Gasteiger partial charge in [0.15, 0.2) is 16.6 Å². The molecule has 3 N–H and O–H groups in total. The Kier molecular flexibility index (Phi) is 30.7. The van der Waals surface area contributed by atoms with E-state index in [-0.39, 0.29) is 45.5 Å². The largest absolute Gasteiger partial charge is 0.497 e. The molecule has 0 aliphatic heterocycles. The molecule has 14 aromatic rings. The van der Waals surface area contributed by atoms with Crippen LogP contribution in [-0.4, -0.2) is 103 Å². The van der Waals surface area contributed by atoms with Crippen LogP contribution in [0.1, 0.15) is 84.0 Å². The Morgan fingerprint density at radius 1 is 0.432 bits per heavy atom. The van der Waals surface area contributed by atoms with Gasteiger partial charge in [-0.1, -0.05) is 202 Å². The molecule has 0 radical (unpaired) electrons. The summed E-state index contributed by atoms with van der Waals surface area (Å²) >= 11 is 13.2. The van der Waals surface area contributed by atoms with Crippen LogP contribution < -0.4 is 29.6 Å². The first-order valence-corrected chi connectivity index (χ1v) is 47.5. The molecule has 0 spiro atoms. The third-order valence-corrected chi connectivity index (χ3v) is 23.8. The van der Waals surface area contributed by atoms with Crippen molar-refractivity contribution < 1.29 is 46.9 Å². The van der Waals surface area contributed by atoms with E-state index < -0.39 is 27.8 Å². The lowest BCUT2D eigenvalue weighted by atomic mass is 9.80. The number of halogens is 3. The summed E-state index contributed by atoms with van der Waals surface area (Å²) in [6, 6.07) is 88.7. The van der Waals surface area contributed by atoms with Gasteiger partial charge in [0.25, 0.3) is 11.8 Å². The lowest BCUT2D eigenvalue weighted by molar-refractivity contribution is 0.0147. The Labute approximate surface area is 716 Å². The molecular weight excluding hydrogens is 1660 g/mol. The smallest absolute Gasteiger partial charge is 0.269 e. The number of benzene rings is 10. The van der Waals surface area contributed by atoms with Crippen molar-refractivity contribution in [2.75, 3.05) is 54.7 Å². The van der Waals surface area contributed by atoms with Gasteiger partial charge in [0.1, 0.15) is 45.6 Å². The molecule has 0 fully saturated rings. The predicted molar refractivity (Wildman–Crippen MR) is 488 cm³/mol. The van der Waals surface area contributed by atoms with E-state index in [0.29, 0.717) is 34.9 Å². The molecule has 2 amide bonds. The van der Waals surface area contributed by atoms with E-state index in [1.54, 1.807) is 40.8 Å². The molecule has 0 unspecified atom stereocenters. The number of nitrogens with zero attached hydrogens (tertiary/aromatic N) is 3. The number of alkyl halides is 1. The molecule has 0 bridgehead atoms. The van der Waals surface area contributed by atoms with Gasteiger partial charge >= 0.3 is 0 Å². The minimum atomic E-state index is -1.66. The van der Waals surface area contributed by atoms with Crippen LogP contribution in [0, 0.1) is 0 Å². The summed E-state index contributed by atoms with van der Waals surface area (Å²) in [5.74, 6) is 3.12. The molecular formula is C97H101Br2ClN6O10Si2. The molecule has 14 rings (SSSR count). The molecule has 10 aromatic carbocycles. The second kappa shape index (κ2) is 41.1. The van der Waals surface area contributed by atoms with Gasteiger partial charge in [-0.05, 0) is 211 Å². The SMILES string of the molecule is C.COc1ccc(C(OCCNC(=O)c2[nH]c3cc(-c4cccnc4)ccc3c2Br)(c2ccccc2)c2ccc(OC)cc2)cc1.COc1ccc(C(OCCNC(=O)c2c(Br)c3ccc(-c4cccnc4)cc3n2Cc2ccc(CO[Si](C)(C)C)cc2)(c2ccccc2)c2ccc(OC)cc2)cc1.C[Si](C)(C)OCc1ccc(CCl)cc1. The molecule has 16 nitrogen and oxygen atoms in total. The van der Waals surface area contributed by atoms with Gasteiger partial charge in [-0.15, -0.1) is 11.6 Å². The monoisotopic (exact) mass is 1760 g/mol. The van der Waals surface area contributed by atoms with E-state index >= 15 is 0 Å². The fourth-order valence-electron chi connectivity index (χ4n) is 13.7. The molecule has 608 valence electrons. The van der Waals surface area contributed by atoms with Crippen LogP contribution in [0.2, 0.25) is 39.3 Å². The first-order valence-electron chi connectivity index (χ1n) is 38.6. The van der Waals surface area contributed by atoms with Gasteiger partial charge < -0.3 is 57.5 Å². The topological polar surface area (TPSA) is 179 Å². The first-order chi connectivity index (χ1) is 56.6. The van der Waals surface area contributed by atoms with E-state index in [4.69, 9.17) is 48.9 Å². The van der Waals surface area contributed by atoms with Crippen LogP contribution >= 0.6 is 43.5 Å². The Morgan fingerprint density at radius 2 is 0.814 bits per heavy atom. The Morgan fingerprint density at radius 3 is 1.20 bits per heavy atom. The number of amides is 2. The molecule has 21 heteroatoms. The van der Waals surface area contributed by atoms with Crippen LogP contribution in [0.15, 0.2) is 301 Å². The van der Waals surface area contributed by atoms with Crippen molar-refractivity contribution in [3.63, 3.8) is 0 Å². The van der Waals surface area contributed by atoms with Crippen molar-refractivity contribution in [3.8, 4) is 45.3 Å². The van der Waals surface area contributed by atoms with Crippen molar-refractivity contribution in [2.24, 2.45) is 0 Å². The van der Waals surface area contributed by atoms with Gasteiger partial charge in [-0.2, -0.15) is 0 Å². The maximum atomic E-state index is 14.4. The molecule has 0 saturated carbocycles. The standard InChI is InChI=1S/C48H48BrN3O5Si.C37H32BrN3O4.C11H17ClOSi.CH4/c1-54-41-22-18-39(19-23-41)48(38-11-7-6-8-12-38,40-20-24-42(55-2)25-21-40)56-29-28-51-47(53)46-45(49)43-26-17-36(37-10-9-27-50-31-37)30-44(43)52(46)32-34-13-15-35(16-14-34)33-57-58(3,4)5;1-43-30-15-11-28(12-16-30)37(27-8-4-3-5-9-27,29-13-17-31(44-2)18-14-29)45-22-21-40-36(42)35-34(38)32-19-10-25(23-33(32)41-35)26-7-6-20-39-24-26;1-14(2,3)13-9-11-6-4-10(8-12)5-7-11;/h6-27,30-31H,28-29,32-33H2,1-5H3,(H,51,53);3-20,23-24,41H,21-22H2,1-2H3,(H,40,42);4-7H,8-9H2,1-3H3;1H4. The van der Waals surface area contributed by atoms with E-state index in [2.05, 4.69) is 192 Å². The molecule has 0 saturated heterocycles. The third kappa shape index (κ3) is 21.8. The maximum Gasteiger partial charge on any atom is 0.269 e. The van der Waals surface area contributed by atoms with Gasteiger partial charge in [0, 0.05) is 77.7 Å². The summed E-state index contributed by atoms with van der Waals surface area (Å²) < 4.78 is 51.2. The zero-order valence-corrected chi connectivity index (χ0v) is 73.4. The molecule has 0 aliphatic rings. The highest BCUT2D eigenvalue weighted by Gasteiger charge is 2.40. The van der Waals surface area contributed by atoms with Crippen LogP contribution in [0.4, 0.5) is 0 Å². The van der Waals surface area contributed by atoms with Crippen molar-refractivity contribution in [3.05, 3.63) is 368 Å². The summed E-state index contributed by atoms with van der Waals surface area (Å²) in [5.41, 5.74) is 15.0. The van der Waals surface area contributed by atoms with Crippen LogP contribution in [0.25, 0.3) is 44.1 Å². The molecule has 4 heterocycles. The number of ether oxygens (including phenoxy) is 6. The number of nitrogens with one attached hydrogen (secondary N) is 3. The summed E-state index contributed by atoms with van der Waals surface area (Å²) in [6.07, 6.45) is 7.19. The van der Waals surface area contributed by atoms with Crippen LogP contribution in [0.5, 0.6) is 23.0 Å². The zero-order chi connectivity index (χ0) is 82.5. The number of rotatable bonds is 31. The number of aromatic amines is 1. The summed E-state index contributed by atoms with van der Waals surface area (Å²) in [4.78, 5) is 39.7. The van der Waals surface area contributed by atoms with Crippen molar-refractivity contribution >= 4 is 93.7 Å². The van der Waals surface area contributed by atoms with Gasteiger partial charge in [0.2, 0.25) is 0 Å². The average molecular weight is 1760 g/mol. The number of pyridine rings is 2. The number of H-pyrrole nitrogens is 1. The molecule has 0 atom stereocenters. The van der Waals surface area contributed by atoms with Crippen LogP contribution in [-0.2, 0) is 55.2 Å². The Bertz CT molecular complexity index is 5460. The van der Waals surface area contributed by atoms with E-state index in [0.717, 1.165) is 128 Å². The Balaban J connectivity index is 0.000000201. The van der Waals surface area contributed by atoms with E-state index in [1.807, 2.05) is 188 Å². The minimum absolute atomic E-state index is 0. The lowest BCUT2D eigenvalue weighted by Crippen LogP contribution is -2.37. The Hall–Kier alpha value is -10.8. The first kappa shape index (κ1) is 88.1. The highest BCUT2D eigenvalue weighted by atomic mass is 79.9. The maximum absolute atomic E-state index is 14.4. The van der Waals surface area contributed by atoms with Gasteiger partial charge in [-0.25, -0.2) is 0 Å². The number of hydrogen-bond acceptors (Lipinski definition) is 12. The number of hydrogen-bond donors (Lipinski definition) is 3. The number of methoxy groups -OCH3 is 4. The second-order valence-electron chi connectivity index (χ2n) is 29.8. The van der Waals surface area contributed by atoms with Gasteiger partial charge in [-0.3, -0.25) is 19.6 Å². The molecule has 4 aromatic heterocycles. The van der Waals surface area contributed by atoms with E-state index in [9.17, 15) is 9.59 Å². The fourth-order valence-corrected chi connectivity index (χ4v) is 16.5. The van der Waals surface area contributed by atoms with E-state index in [1.165, 1.54) is 5.56 Å². The number of carbonyl (C=O) groups excluding carboxylic acids is 2. The zero-order valence-electron chi connectivity index (χ0n) is 67.4. The number of carbonyl (C=O) groups is 2. The number of aromatic nitrogens is 4. The second-order valence-corrected chi connectivity index (χ2v) is 40.7. The lowest BCUT2D eigenvalue weighted by Gasteiger charge is -2.36. The fraction of sp³-hybridized carbons (Fsp3) is 0.216. The van der Waals surface area contributed by atoms with Crippen LogP contribution in [0.3, 0.4) is 0 Å². The predicted octanol–water partition coefficient (Wildman–Crippen LogP) is 22.8. The highest BCUT2D eigenvalue weighted by molar-refractivity contribution is 9.11. The summed E-state index contributed by atoms with van der Waals surface area (Å²) in [5, 5.41) is 8.10. The van der Waals surface area contributed by atoms with Crippen molar-refractivity contribution in [1.29, 1.82) is 0 Å².